The van der Waals surface area contributed by atoms with E-state index in [1.54, 1.807) is 20.0 Å². The molecule has 0 aliphatic carbocycles. The average molecular weight is 495 g/mol. The Morgan fingerprint density at radius 3 is 0.889 bits per heavy atom. The van der Waals surface area contributed by atoms with Crippen molar-refractivity contribution in [2.45, 2.75) is 78.0 Å². The zero-order valence-corrected chi connectivity index (χ0v) is 18.0. The van der Waals surface area contributed by atoms with Gasteiger partial charge in [-0.3, -0.25) is 0 Å². The van der Waals surface area contributed by atoms with E-state index >= 15 is 0 Å². The van der Waals surface area contributed by atoms with Gasteiger partial charge in [0, 0.05) is 0 Å². The summed E-state index contributed by atoms with van der Waals surface area (Å²) in [6, 6.07) is 0. The first-order valence-electron chi connectivity index (χ1n) is 6.90. The van der Waals surface area contributed by atoms with Crippen molar-refractivity contribution >= 4 is 25.0 Å². The zero-order chi connectivity index (χ0) is 14.9. The maximum atomic E-state index is 4.58. The molecule has 0 bridgehead atoms. The molecular weight excluding hydrogens is 463 g/mol. The fourth-order valence-corrected chi connectivity index (χ4v) is 8.75. The molecule has 116 valence electrons. The standard InChI is InChI=1S/C14H32P2.Au.ClH/c1-11(2)15(12(3)4)9-10-16(13(5)6)14(7)8;;/h11-14H,9-10H2,1-8H3;;1H/q;+1;/p-1. The van der Waals surface area contributed by atoms with Crippen LogP contribution in [0.15, 0.2) is 0 Å². The van der Waals surface area contributed by atoms with Crippen molar-refractivity contribution in [2.24, 2.45) is 0 Å². The molecule has 0 rings (SSSR count). The summed E-state index contributed by atoms with van der Waals surface area (Å²) in [5.41, 5.74) is 3.63. The normalized spacial score (nSPS) is 12.1. The Bertz CT molecular complexity index is 149. The topological polar surface area (TPSA) is 0 Å². The van der Waals surface area contributed by atoms with Gasteiger partial charge in [-0.2, -0.15) is 0 Å². The van der Waals surface area contributed by atoms with Crippen LogP contribution in [0.5, 0.6) is 0 Å². The van der Waals surface area contributed by atoms with Crippen LogP contribution in [0, 0.1) is 0 Å². The second-order valence-electron chi connectivity index (χ2n) is 5.85. The molecule has 0 atom stereocenters. The molecule has 0 aromatic carbocycles. The molecule has 0 radical (unpaired) electrons. The van der Waals surface area contributed by atoms with Crippen LogP contribution in [0.3, 0.4) is 0 Å². The van der Waals surface area contributed by atoms with Crippen LogP contribution in [-0.2, 0) is 20.0 Å². The molecule has 0 spiro atoms. The van der Waals surface area contributed by atoms with Gasteiger partial charge >= 0.3 is 29.2 Å². The molecule has 0 aromatic rings. The van der Waals surface area contributed by atoms with E-state index < -0.39 is 0 Å². The van der Waals surface area contributed by atoms with E-state index in [2.05, 4.69) is 64.6 Å². The van der Waals surface area contributed by atoms with Crippen molar-refractivity contribution in [3.05, 3.63) is 0 Å². The molecule has 0 saturated heterocycles. The Morgan fingerprint density at radius 2 is 0.778 bits per heavy atom. The first kappa shape index (κ1) is 22.2. The Balaban J connectivity index is 0. The summed E-state index contributed by atoms with van der Waals surface area (Å²) in [6.07, 6.45) is 3.01. The van der Waals surface area contributed by atoms with Crippen LogP contribution in [0.4, 0.5) is 0 Å². The van der Waals surface area contributed by atoms with Crippen molar-refractivity contribution in [2.75, 3.05) is 12.3 Å². The molecule has 0 aliphatic heterocycles. The van der Waals surface area contributed by atoms with Crippen LogP contribution in [0.2, 0.25) is 0 Å². The number of halogens is 1. The Kier molecular flexibility index (Phi) is 15.5. The second kappa shape index (κ2) is 12.6. The number of rotatable bonds is 7. The molecule has 0 unspecified atom stereocenters. The van der Waals surface area contributed by atoms with E-state index in [0.29, 0.717) is 0 Å². The molecule has 4 heteroatoms. The Morgan fingerprint density at radius 1 is 0.611 bits per heavy atom. The van der Waals surface area contributed by atoms with E-state index in [-0.39, 0.29) is 15.8 Å². The van der Waals surface area contributed by atoms with Crippen LogP contribution >= 0.6 is 25.0 Å². The predicted octanol–water partition coefficient (Wildman–Crippen LogP) is 6.27. The summed E-state index contributed by atoms with van der Waals surface area (Å²) in [7, 11) is 5.09. The van der Waals surface area contributed by atoms with E-state index in [1.807, 2.05) is 0 Å². The maximum absolute atomic E-state index is 4.58. The van der Waals surface area contributed by atoms with Gasteiger partial charge in [0.2, 0.25) is 0 Å². The van der Waals surface area contributed by atoms with Gasteiger partial charge in [-0.05, 0) is 35.0 Å². The van der Waals surface area contributed by atoms with Crippen molar-refractivity contribution in [1.82, 2.24) is 0 Å². The van der Waals surface area contributed by atoms with Gasteiger partial charge in [0.1, 0.15) is 0 Å². The molecule has 18 heavy (non-hydrogen) atoms. The minimum atomic E-state index is 0.255. The SMILES string of the molecule is CC(C)P(CCP(C(C)C)C(C)C)C(C)C.[Cl][Au]. The van der Waals surface area contributed by atoms with Crippen LogP contribution < -0.4 is 0 Å². The van der Waals surface area contributed by atoms with E-state index in [4.69, 9.17) is 0 Å². The summed E-state index contributed by atoms with van der Waals surface area (Å²) >= 11 is 1.75. The molecule has 0 fully saturated rings. The van der Waals surface area contributed by atoms with Gasteiger partial charge in [0.15, 0.2) is 0 Å². The predicted molar refractivity (Wildman–Crippen MR) is 90.0 cm³/mol. The minimum absolute atomic E-state index is 0.255. The molecule has 0 heterocycles. The Labute approximate surface area is 135 Å². The molecule has 0 amide bonds. The third kappa shape index (κ3) is 9.74. The van der Waals surface area contributed by atoms with Crippen molar-refractivity contribution < 1.29 is 20.0 Å². The third-order valence-corrected chi connectivity index (χ3v) is 10.4. The summed E-state index contributed by atoms with van der Waals surface area (Å²) in [5.74, 6) is 0. The first-order chi connectivity index (χ1) is 8.27. The van der Waals surface area contributed by atoms with Crippen LogP contribution in [0.25, 0.3) is 0 Å². The molecular formula is C14H32AuClP2. The third-order valence-electron chi connectivity index (χ3n) is 3.27. The van der Waals surface area contributed by atoms with Crippen LogP contribution in [-0.4, -0.2) is 35.0 Å². The van der Waals surface area contributed by atoms with Gasteiger partial charge < -0.3 is 0 Å². The summed E-state index contributed by atoms with van der Waals surface area (Å²) in [4.78, 5) is 0. The summed E-state index contributed by atoms with van der Waals surface area (Å²) < 4.78 is 0. The molecule has 0 saturated carbocycles. The van der Waals surface area contributed by atoms with Crippen molar-refractivity contribution in [1.29, 1.82) is 0 Å². The summed E-state index contributed by atoms with van der Waals surface area (Å²) in [6.45, 7) is 19.3. The van der Waals surface area contributed by atoms with Crippen molar-refractivity contribution in [3.8, 4) is 0 Å². The zero-order valence-electron chi connectivity index (χ0n) is 13.3. The van der Waals surface area contributed by atoms with Gasteiger partial charge in [-0.15, -0.1) is 15.8 Å². The molecule has 0 aromatic heterocycles. The quantitative estimate of drug-likeness (QED) is 0.289. The number of hydrogen-bond donors (Lipinski definition) is 0. The van der Waals surface area contributed by atoms with E-state index in [1.165, 1.54) is 12.3 Å². The fraction of sp³-hybridized carbons (Fsp3) is 1.00. The first-order valence-corrected chi connectivity index (χ1v) is 12.9. The molecule has 0 aliphatic rings. The summed E-state index contributed by atoms with van der Waals surface area (Å²) in [5, 5.41) is 0. The molecule has 0 nitrogen and oxygen atoms in total. The van der Waals surface area contributed by atoms with Gasteiger partial charge in [0.25, 0.3) is 0 Å². The average Bonchev–Trinajstić information content (AvgIpc) is 2.24. The van der Waals surface area contributed by atoms with Crippen LogP contribution in [0.1, 0.15) is 55.4 Å². The monoisotopic (exact) mass is 494 g/mol. The van der Waals surface area contributed by atoms with E-state index in [9.17, 15) is 0 Å². The van der Waals surface area contributed by atoms with Crippen molar-refractivity contribution in [3.63, 3.8) is 0 Å². The fourth-order valence-electron chi connectivity index (χ4n) is 2.46. The van der Waals surface area contributed by atoms with Gasteiger partial charge in [-0.25, -0.2) is 0 Å². The second-order valence-corrected chi connectivity index (χ2v) is 12.9. The number of hydrogen-bond acceptors (Lipinski definition) is 0. The molecule has 0 N–H and O–H groups in total. The van der Waals surface area contributed by atoms with Gasteiger partial charge in [0.05, 0.1) is 0 Å². The Hall–Kier alpha value is 1.89. The van der Waals surface area contributed by atoms with Gasteiger partial charge in [-0.1, -0.05) is 55.4 Å². The van der Waals surface area contributed by atoms with E-state index in [0.717, 1.165) is 22.6 Å².